The maximum atomic E-state index is 13.1. The molecule has 0 atom stereocenters. The fourth-order valence-corrected chi connectivity index (χ4v) is 5.67. The van der Waals surface area contributed by atoms with E-state index in [1.165, 1.54) is 16.4 Å². The number of benzene rings is 2. The molecule has 1 fully saturated rings. The number of amides is 1. The lowest BCUT2D eigenvalue weighted by atomic mass is 10.2. The number of rotatable bonds is 5. The number of sulfonamides is 1. The average Bonchev–Trinajstić information content (AvgIpc) is 3.24. The molecule has 12 heteroatoms. The Kier molecular flexibility index (Phi) is 6.19. The fraction of sp³-hybridized carbons (Fsp3) is 0.211. The minimum Gasteiger partial charge on any atom is -0.369 e. The van der Waals surface area contributed by atoms with E-state index in [9.17, 15) is 17.6 Å². The largest absolute Gasteiger partial charge is 0.369 e. The van der Waals surface area contributed by atoms with E-state index in [-0.39, 0.29) is 28.4 Å². The number of hydrogen-bond donors (Lipinski definition) is 1. The number of anilines is 2. The highest BCUT2D eigenvalue weighted by Crippen LogP contribution is 2.26. The smallest absolute Gasteiger partial charge is 0.272 e. The quantitative estimate of drug-likeness (QED) is 0.563. The van der Waals surface area contributed by atoms with Gasteiger partial charge in [-0.3, -0.25) is 10.1 Å². The summed E-state index contributed by atoms with van der Waals surface area (Å²) in [7, 11) is -3.84. The number of halogens is 2. The molecule has 162 valence electrons. The maximum Gasteiger partial charge on any atom is 0.272 e. The van der Waals surface area contributed by atoms with E-state index in [4.69, 9.17) is 11.6 Å². The summed E-state index contributed by atoms with van der Waals surface area (Å²) in [5.41, 5.74) is 1.20. The van der Waals surface area contributed by atoms with Gasteiger partial charge in [0.25, 0.3) is 15.9 Å². The maximum absolute atomic E-state index is 13.1. The van der Waals surface area contributed by atoms with Crippen LogP contribution in [-0.4, -0.2) is 55.0 Å². The summed E-state index contributed by atoms with van der Waals surface area (Å²) in [4.78, 5) is 14.3. The third-order valence-electron chi connectivity index (χ3n) is 4.72. The number of aromatic nitrogens is 2. The summed E-state index contributed by atoms with van der Waals surface area (Å²) in [6.45, 7) is 1.44. The van der Waals surface area contributed by atoms with Crippen molar-refractivity contribution in [3.63, 3.8) is 0 Å². The molecule has 1 aromatic heterocycles. The fourth-order valence-electron chi connectivity index (χ4n) is 3.08. The number of carbonyl (C=O) groups is 1. The first kappa shape index (κ1) is 21.6. The van der Waals surface area contributed by atoms with E-state index < -0.39 is 15.9 Å². The van der Waals surface area contributed by atoms with Crippen LogP contribution in [0.3, 0.4) is 0 Å². The van der Waals surface area contributed by atoms with Gasteiger partial charge in [-0.1, -0.05) is 22.9 Å². The highest BCUT2D eigenvalue weighted by Gasteiger charge is 2.32. The number of hydrogen-bond acceptors (Lipinski definition) is 7. The standard InChI is InChI=1S/C19H17ClFN5O3S2/c20-14-3-1-13(2-4-14)17(27)22-18-23-24-19(30-18)31(28,29)26-11-9-25(10-12-26)16-7-5-15(21)6-8-16/h1-8H,9-12H2,(H,22,23,27). The first-order valence-corrected chi connectivity index (χ1v) is 11.9. The molecule has 4 rings (SSSR count). The van der Waals surface area contributed by atoms with Crippen molar-refractivity contribution in [1.82, 2.24) is 14.5 Å². The summed E-state index contributed by atoms with van der Waals surface area (Å²) >= 11 is 6.61. The Morgan fingerprint density at radius 1 is 1.00 bits per heavy atom. The van der Waals surface area contributed by atoms with Crippen LogP contribution in [-0.2, 0) is 10.0 Å². The Labute approximate surface area is 187 Å². The summed E-state index contributed by atoms with van der Waals surface area (Å²) in [5, 5.41) is 10.7. The van der Waals surface area contributed by atoms with Gasteiger partial charge in [0.1, 0.15) is 5.82 Å². The van der Waals surface area contributed by atoms with Crippen molar-refractivity contribution in [3.8, 4) is 0 Å². The first-order valence-electron chi connectivity index (χ1n) is 9.24. The summed E-state index contributed by atoms with van der Waals surface area (Å²) in [6.07, 6.45) is 0. The molecule has 0 unspecified atom stereocenters. The zero-order valence-electron chi connectivity index (χ0n) is 16.0. The van der Waals surface area contributed by atoms with Gasteiger partial charge in [0.05, 0.1) is 0 Å². The molecule has 0 spiro atoms. The molecule has 1 aliphatic rings. The normalized spacial score (nSPS) is 15.1. The van der Waals surface area contributed by atoms with Crippen LogP contribution in [0.5, 0.6) is 0 Å². The van der Waals surface area contributed by atoms with Crippen molar-refractivity contribution in [2.24, 2.45) is 0 Å². The van der Waals surface area contributed by atoms with E-state index in [1.54, 1.807) is 36.4 Å². The monoisotopic (exact) mass is 481 g/mol. The Hall–Kier alpha value is -2.60. The predicted octanol–water partition coefficient (Wildman–Crippen LogP) is 3.09. The summed E-state index contributed by atoms with van der Waals surface area (Å²) in [6, 6.07) is 12.4. The van der Waals surface area contributed by atoms with Crippen LogP contribution in [0.4, 0.5) is 15.2 Å². The molecule has 1 N–H and O–H groups in total. The van der Waals surface area contributed by atoms with Crippen LogP contribution >= 0.6 is 22.9 Å². The molecule has 0 aliphatic carbocycles. The van der Waals surface area contributed by atoms with E-state index in [2.05, 4.69) is 15.5 Å². The molecule has 2 aromatic carbocycles. The van der Waals surface area contributed by atoms with Gasteiger partial charge in [0.15, 0.2) is 0 Å². The lowest BCUT2D eigenvalue weighted by Crippen LogP contribution is -2.48. The Balaban J connectivity index is 1.40. The Morgan fingerprint density at radius 2 is 1.65 bits per heavy atom. The van der Waals surface area contributed by atoms with Crippen LogP contribution in [0, 0.1) is 5.82 Å². The molecule has 31 heavy (non-hydrogen) atoms. The summed E-state index contributed by atoms with van der Waals surface area (Å²) < 4.78 is 40.1. The highest BCUT2D eigenvalue weighted by atomic mass is 35.5. The average molecular weight is 482 g/mol. The van der Waals surface area contributed by atoms with Gasteiger partial charge < -0.3 is 4.90 Å². The number of carbonyl (C=O) groups excluding carboxylic acids is 1. The molecule has 0 bridgehead atoms. The number of piperazine rings is 1. The van der Waals surface area contributed by atoms with Gasteiger partial charge in [0.2, 0.25) is 9.47 Å². The second kappa shape index (κ2) is 8.87. The van der Waals surface area contributed by atoms with Gasteiger partial charge >= 0.3 is 0 Å². The van der Waals surface area contributed by atoms with Crippen molar-refractivity contribution in [2.75, 3.05) is 36.4 Å². The molecular weight excluding hydrogens is 465 g/mol. The van der Waals surface area contributed by atoms with Gasteiger partial charge in [-0.2, -0.15) is 4.31 Å². The van der Waals surface area contributed by atoms with Crippen LogP contribution < -0.4 is 10.2 Å². The predicted molar refractivity (Wildman–Crippen MR) is 117 cm³/mol. The molecule has 1 saturated heterocycles. The minimum absolute atomic E-state index is 0.0865. The second-order valence-corrected chi connectivity index (χ2v) is 10.2. The molecule has 1 amide bonds. The van der Waals surface area contributed by atoms with Crippen LogP contribution in [0.1, 0.15) is 10.4 Å². The third kappa shape index (κ3) is 4.85. The van der Waals surface area contributed by atoms with Crippen molar-refractivity contribution in [1.29, 1.82) is 0 Å². The SMILES string of the molecule is O=C(Nc1nnc(S(=O)(=O)N2CCN(c3ccc(F)cc3)CC2)s1)c1ccc(Cl)cc1. The van der Waals surface area contributed by atoms with Gasteiger partial charge in [-0.25, -0.2) is 12.8 Å². The van der Waals surface area contributed by atoms with Crippen molar-refractivity contribution < 1.29 is 17.6 Å². The molecule has 1 aliphatic heterocycles. The second-order valence-electron chi connectivity index (χ2n) is 6.70. The molecule has 0 saturated carbocycles. The molecule has 2 heterocycles. The zero-order chi connectivity index (χ0) is 22.0. The van der Waals surface area contributed by atoms with Crippen LogP contribution in [0.25, 0.3) is 0 Å². The van der Waals surface area contributed by atoms with Crippen molar-refractivity contribution >= 4 is 49.7 Å². The van der Waals surface area contributed by atoms with E-state index in [0.717, 1.165) is 17.0 Å². The third-order valence-corrected chi connectivity index (χ3v) is 8.06. The molecular formula is C19H17ClFN5O3S2. The topological polar surface area (TPSA) is 95.5 Å². The van der Waals surface area contributed by atoms with E-state index in [1.807, 2.05) is 4.90 Å². The number of nitrogens with one attached hydrogen (secondary N) is 1. The Bertz CT molecular complexity index is 1180. The minimum atomic E-state index is -3.84. The van der Waals surface area contributed by atoms with Crippen molar-refractivity contribution in [3.05, 3.63) is 64.9 Å². The summed E-state index contributed by atoms with van der Waals surface area (Å²) in [5.74, 6) is -0.759. The van der Waals surface area contributed by atoms with Crippen molar-refractivity contribution in [2.45, 2.75) is 4.34 Å². The molecule has 0 radical (unpaired) electrons. The van der Waals surface area contributed by atoms with E-state index >= 15 is 0 Å². The number of nitrogens with zero attached hydrogens (tertiary/aromatic N) is 4. The lowest BCUT2D eigenvalue weighted by Gasteiger charge is -2.34. The van der Waals surface area contributed by atoms with Gasteiger partial charge in [-0.05, 0) is 48.5 Å². The lowest BCUT2D eigenvalue weighted by molar-refractivity contribution is 0.102. The zero-order valence-corrected chi connectivity index (χ0v) is 18.4. The van der Waals surface area contributed by atoms with Gasteiger partial charge in [-0.15, -0.1) is 10.2 Å². The first-order chi connectivity index (χ1) is 14.8. The highest BCUT2D eigenvalue weighted by molar-refractivity contribution is 7.91. The van der Waals surface area contributed by atoms with Gasteiger partial charge in [0, 0.05) is 42.5 Å². The van der Waals surface area contributed by atoms with E-state index in [0.29, 0.717) is 23.7 Å². The Morgan fingerprint density at radius 3 is 2.29 bits per heavy atom. The molecule has 8 nitrogen and oxygen atoms in total. The van der Waals surface area contributed by atoms with Crippen LogP contribution in [0.2, 0.25) is 5.02 Å². The molecule has 3 aromatic rings. The van der Waals surface area contributed by atoms with Crippen LogP contribution in [0.15, 0.2) is 52.9 Å².